The van der Waals surface area contributed by atoms with Crippen LogP contribution in [0.3, 0.4) is 0 Å². The quantitative estimate of drug-likeness (QED) is 0.735. The van der Waals surface area contributed by atoms with Crippen LogP contribution in [0.4, 0.5) is 0 Å². The van der Waals surface area contributed by atoms with E-state index in [1.165, 1.54) is 44.6 Å². The number of nitrogens with zero attached hydrogens (tertiary/aromatic N) is 1. The highest BCUT2D eigenvalue weighted by Gasteiger charge is 2.38. The molecule has 1 saturated heterocycles. The molecular weight excluding hydrogens is 228 g/mol. The van der Waals surface area contributed by atoms with Gasteiger partial charge in [0.15, 0.2) is 0 Å². The van der Waals surface area contributed by atoms with Gasteiger partial charge in [-0.3, -0.25) is 4.90 Å². The molecule has 2 atom stereocenters. The Morgan fingerprint density at radius 2 is 2.12 bits per heavy atom. The van der Waals surface area contributed by atoms with Gasteiger partial charge >= 0.3 is 0 Å². The lowest BCUT2D eigenvalue weighted by molar-refractivity contribution is 0.100. The van der Waals surface area contributed by atoms with Gasteiger partial charge in [0.25, 0.3) is 0 Å². The predicted molar refractivity (Wildman–Crippen MR) is 77.7 cm³/mol. The highest BCUT2D eigenvalue weighted by molar-refractivity contribution is 7.98. The smallest absolute Gasteiger partial charge is 0.0249 e. The summed E-state index contributed by atoms with van der Waals surface area (Å²) >= 11 is 1.98. The number of rotatable bonds is 6. The molecule has 1 aliphatic heterocycles. The van der Waals surface area contributed by atoms with Crippen molar-refractivity contribution in [1.82, 2.24) is 10.2 Å². The van der Waals surface area contributed by atoms with Crippen LogP contribution < -0.4 is 5.32 Å². The van der Waals surface area contributed by atoms with Gasteiger partial charge in [-0.2, -0.15) is 11.8 Å². The summed E-state index contributed by atoms with van der Waals surface area (Å²) in [6.45, 7) is 8.50. The Balaban J connectivity index is 1.85. The molecule has 0 aromatic rings. The number of piperazine rings is 1. The summed E-state index contributed by atoms with van der Waals surface area (Å²) in [4.78, 5) is 2.79. The summed E-state index contributed by atoms with van der Waals surface area (Å²) in [5.74, 6) is 3.08. The fourth-order valence-corrected chi connectivity index (χ4v) is 3.33. The molecule has 0 spiro atoms. The largest absolute Gasteiger partial charge is 0.311 e. The van der Waals surface area contributed by atoms with Crippen molar-refractivity contribution in [1.29, 1.82) is 0 Å². The first-order chi connectivity index (χ1) is 8.22. The molecule has 2 fully saturated rings. The van der Waals surface area contributed by atoms with Gasteiger partial charge in [-0.25, -0.2) is 0 Å². The molecule has 3 heteroatoms. The van der Waals surface area contributed by atoms with Gasteiger partial charge in [-0.05, 0) is 49.7 Å². The summed E-state index contributed by atoms with van der Waals surface area (Å²) in [6, 6.07) is 1.55. The number of hydrogen-bond donors (Lipinski definition) is 1. The molecule has 0 aromatic heterocycles. The van der Waals surface area contributed by atoms with E-state index < -0.39 is 0 Å². The number of thioether (sulfide) groups is 1. The standard InChI is InChI=1S/C14H28N2S/c1-11(2)13-10-16(7-4-8-17-3)14(9-15-13)12-5-6-12/h11-15H,4-10H2,1-3H3. The molecule has 100 valence electrons. The maximum absolute atomic E-state index is 3.76. The Morgan fingerprint density at radius 1 is 1.35 bits per heavy atom. The molecule has 1 N–H and O–H groups in total. The van der Waals surface area contributed by atoms with Crippen molar-refractivity contribution in [2.24, 2.45) is 11.8 Å². The second-order valence-corrected chi connectivity index (χ2v) is 6.99. The van der Waals surface area contributed by atoms with E-state index in [0.29, 0.717) is 6.04 Å². The third-order valence-electron chi connectivity index (χ3n) is 4.25. The minimum absolute atomic E-state index is 0.708. The predicted octanol–water partition coefficient (Wildman–Crippen LogP) is 2.45. The van der Waals surface area contributed by atoms with Crippen molar-refractivity contribution in [2.75, 3.05) is 31.6 Å². The number of nitrogens with one attached hydrogen (secondary N) is 1. The van der Waals surface area contributed by atoms with Crippen LogP contribution >= 0.6 is 11.8 Å². The van der Waals surface area contributed by atoms with Gasteiger partial charge in [0, 0.05) is 25.2 Å². The Hall–Kier alpha value is 0.270. The average Bonchev–Trinajstić information content (AvgIpc) is 3.13. The first-order valence-electron chi connectivity index (χ1n) is 7.18. The molecule has 1 heterocycles. The summed E-state index contributed by atoms with van der Waals surface area (Å²) < 4.78 is 0. The molecule has 0 amide bonds. The highest BCUT2D eigenvalue weighted by Crippen LogP contribution is 2.36. The van der Waals surface area contributed by atoms with Crippen LogP contribution in [-0.4, -0.2) is 48.6 Å². The molecule has 2 nitrogen and oxygen atoms in total. The first-order valence-corrected chi connectivity index (χ1v) is 8.58. The van der Waals surface area contributed by atoms with Crippen LogP contribution in [-0.2, 0) is 0 Å². The summed E-state index contributed by atoms with van der Waals surface area (Å²) in [7, 11) is 0. The molecule has 17 heavy (non-hydrogen) atoms. The molecule has 1 saturated carbocycles. The SMILES string of the molecule is CSCCCN1CC(C(C)C)NCC1C1CC1. The van der Waals surface area contributed by atoms with E-state index in [4.69, 9.17) is 0 Å². The van der Waals surface area contributed by atoms with E-state index in [1.54, 1.807) is 0 Å². The zero-order valence-corrected chi connectivity index (χ0v) is 12.4. The fourth-order valence-electron chi connectivity index (χ4n) is 2.92. The van der Waals surface area contributed by atoms with E-state index in [9.17, 15) is 0 Å². The zero-order valence-electron chi connectivity index (χ0n) is 11.6. The molecule has 2 rings (SSSR count). The van der Waals surface area contributed by atoms with Crippen LogP contribution in [0.15, 0.2) is 0 Å². The molecule has 1 aliphatic carbocycles. The van der Waals surface area contributed by atoms with Gasteiger partial charge in [-0.1, -0.05) is 13.8 Å². The molecule has 2 unspecified atom stereocenters. The van der Waals surface area contributed by atoms with Crippen LogP contribution in [0, 0.1) is 11.8 Å². The van der Waals surface area contributed by atoms with E-state index in [-0.39, 0.29) is 0 Å². The lowest BCUT2D eigenvalue weighted by Gasteiger charge is -2.42. The van der Waals surface area contributed by atoms with E-state index >= 15 is 0 Å². The van der Waals surface area contributed by atoms with Gasteiger partial charge in [-0.15, -0.1) is 0 Å². The van der Waals surface area contributed by atoms with E-state index in [0.717, 1.165) is 17.9 Å². The maximum Gasteiger partial charge on any atom is 0.0249 e. The normalized spacial score (nSPS) is 31.1. The minimum Gasteiger partial charge on any atom is -0.311 e. The molecular formula is C14H28N2S. The monoisotopic (exact) mass is 256 g/mol. The maximum atomic E-state index is 3.76. The average molecular weight is 256 g/mol. The molecule has 0 radical (unpaired) electrons. The van der Waals surface area contributed by atoms with Crippen molar-refractivity contribution < 1.29 is 0 Å². The Morgan fingerprint density at radius 3 is 2.71 bits per heavy atom. The second kappa shape index (κ2) is 6.44. The summed E-state index contributed by atoms with van der Waals surface area (Å²) in [6.07, 6.45) is 6.51. The lowest BCUT2D eigenvalue weighted by Crippen LogP contribution is -2.59. The summed E-state index contributed by atoms with van der Waals surface area (Å²) in [5, 5.41) is 3.76. The van der Waals surface area contributed by atoms with Crippen molar-refractivity contribution in [3.05, 3.63) is 0 Å². The lowest BCUT2D eigenvalue weighted by atomic mass is 9.97. The van der Waals surface area contributed by atoms with Crippen LogP contribution in [0.25, 0.3) is 0 Å². The van der Waals surface area contributed by atoms with Gasteiger partial charge in [0.1, 0.15) is 0 Å². The van der Waals surface area contributed by atoms with Crippen LogP contribution in [0.2, 0.25) is 0 Å². The second-order valence-electron chi connectivity index (χ2n) is 6.00. The third-order valence-corrected chi connectivity index (χ3v) is 4.95. The Kier molecular flexibility index (Phi) is 5.19. The fraction of sp³-hybridized carbons (Fsp3) is 1.00. The minimum atomic E-state index is 0.708. The van der Waals surface area contributed by atoms with Crippen molar-refractivity contribution in [3.63, 3.8) is 0 Å². The van der Waals surface area contributed by atoms with Crippen LogP contribution in [0.5, 0.6) is 0 Å². The van der Waals surface area contributed by atoms with E-state index in [1.807, 2.05) is 11.8 Å². The molecule has 2 aliphatic rings. The Labute approximate surface area is 111 Å². The number of hydrogen-bond acceptors (Lipinski definition) is 3. The topological polar surface area (TPSA) is 15.3 Å². The van der Waals surface area contributed by atoms with Crippen LogP contribution in [0.1, 0.15) is 33.1 Å². The van der Waals surface area contributed by atoms with Crippen molar-refractivity contribution in [3.8, 4) is 0 Å². The third kappa shape index (κ3) is 3.87. The van der Waals surface area contributed by atoms with Gasteiger partial charge < -0.3 is 5.32 Å². The van der Waals surface area contributed by atoms with Crippen molar-refractivity contribution >= 4 is 11.8 Å². The Bertz CT molecular complexity index is 228. The summed E-state index contributed by atoms with van der Waals surface area (Å²) in [5.41, 5.74) is 0. The van der Waals surface area contributed by atoms with E-state index in [2.05, 4.69) is 30.3 Å². The zero-order chi connectivity index (χ0) is 12.3. The highest BCUT2D eigenvalue weighted by atomic mass is 32.2. The van der Waals surface area contributed by atoms with Crippen molar-refractivity contribution in [2.45, 2.75) is 45.2 Å². The molecule has 0 aromatic carbocycles. The first kappa shape index (κ1) is 13.7. The van der Waals surface area contributed by atoms with Gasteiger partial charge in [0.2, 0.25) is 0 Å². The van der Waals surface area contributed by atoms with Gasteiger partial charge in [0.05, 0.1) is 0 Å². The molecule has 0 bridgehead atoms.